The summed E-state index contributed by atoms with van der Waals surface area (Å²) in [6.45, 7) is 6.38. The molecule has 1 aromatic rings. The molecule has 0 aromatic carbocycles. The molecule has 0 spiro atoms. The molecule has 2 rings (SSSR count). The van der Waals surface area contributed by atoms with Gasteiger partial charge < -0.3 is 14.9 Å². The van der Waals surface area contributed by atoms with E-state index in [0.717, 1.165) is 48.1 Å². The maximum atomic E-state index is 10.1. The molecular formula is C14H25N3OS. The molecule has 5 heteroatoms. The molecule has 1 N–H and O–H groups in total. The summed E-state index contributed by atoms with van der Waals surface area (Å²) < 4.78 is 0. The van der Waals surface area contributed by atoms with Crippen LogP contribution in [0, 0.1) is 0 Å². The highest BCUT2D eigenvalue weighted by Gasteiger charge is 2.25. The lowest BCUT2D eigenvalue weighted by atomic mass is 10.0. The maximum absolute atomic E-state index is 10.1. The smallest absolute Gasteiger partial charge is 0.186 e. The van der Waals surface area contributed by atoms with Crippen LogP contribution in [-0.2, 0) is 6.42 Å². The van der Waals surface area contributed by atoms with Crippen molar-refractivity contribution in [2.45, 2.75) is 45.3 Å². The van der Waals surface area contributed by atoms with Crippen LogP contribution in [0.5, 0.6) is 0 Å². The Kier molecular flexibility index (Phi) is 4.81. The van der Waals surface area contributed by atoms with Gasteiger partial charge in [-0.3, -0.25) is 0 Å². The Morgan fingerprint density at radius 1 is 1.47 bits per heavy atom. The molecule has 2 unspecified atom stereocenters. The average molecular weight is 283 g/mol. The number of thiazole rings is 1. The molecule has 0 fully saturated rings. The van der Waals surface area contributed by atoms with Crippen LogP contribution in [0.25, 0.3) is 0 Å². The third kappa shape index (κ3) is 3.27. The van der Waals surface area contributed by atoms with Gasteiger partial charge in [0.1, 0.15) is 0 Å². The van der Waals surface area contributed by atoms with Gasteiger partial charge >= 0.3 is 0 Å². The number of fused-ring (bicyclic) bond motifs is 1. The number of aliphatic hydroxyl groups excluding tert-OH is 1. The molecule has 4 nitrogen and oxygen atoms in total. The molecule has 2 atom stereocenters. The zero-order valence-corrected chi connectivity index (χ0v) is 13.2. The van der Waals surface area contributed by atoms with Gasteiger partial charge in [0, 0.05) is 19.1 Å². The van der Waals surface area contributed by atoms with Crippen molar-refractivity contribution in [3.05, 3.63) is 10.6 Å². The van der Waals surface area contributed by atoms with Crippen molar-refractivity contribution in [1.82, 2.24) is 9.88 Å². The fourth-order valence-corrected chi connectivity index (χ4v) is 4.07. The van der Waals surface area contributed by atoms with Crippen LogP contribution in [0.3, 0.4) is 0 Å². The molecular weight excluding hydrogens is 258 g/mol. The molecule has 0 amide bonds. The number of hydrogen-bond donors (Lipinski definition) is 1. The van der Waals surface area contributed by atoms with E-state index in [-0.39, 0.29) is 6.10 Å². The number of likely N-dealkylation sites (N-methyl/N-ethyl adjacent to an activating group) is 2. The Hall–Kier alpha value is -0.650. The molecule has 0 bridgehead atoms. The van der Waals surface area contributed by atoms with E-state index < -0.39 is 0 Å². The van der Waals surface area contributed by atoms with Crippen molar-refractivity contribution < 1.29 is 5.11 Å². The lowest BCUT2D eigenvalue weighted by molar-refractivity contribution is 0.160. The SMILES string of the molecule is CCN(c1nc2c(s1)C(O)CCC2)C(C)CN(C)C. The Morgan fingerprint density at radius 2 is 2.21 bits per heavy atom. The van der Waals surface area contributed by atoms with Crippen molar-refractivity contribution in [3.63, 3.8) is 0 Å². The molecule has 0 saturated carbocycles. The monoisotopic (exact) mass is 283 g/mol. The predicted molar refractivity (Wildman–Crippen MR) is 81.0 cm³/mol. The van der Waals surface area contributed by atoms with E-state index >= 15 is 0 Å². The summed E-state index contributed by atoms with van der Waals surface area (Å²) in [5, 5.41) is 11.1. The summed E-state index contributed by atoms with van der Waals surface area (Å²) in [4.78, 5) is 10.4. The van der Waals surface area contributed by atoms with E-state index in [1.807, 2.05) is 0 Å². The first-order chi connectivity index (χ1) is 9.02. The number of nitrogens with zero attached hydrogens (tertiary/aromatic N) is 3. The van der Waals surface area contributed by atoms with Crippen LogP contribution in [0.4, 0.5) is 5.13 Å². The third-order valence-electron chi connectivity index (χ3n) is 3.66. The van der Waals surface area contributed by atoms with E-state index in [1.54, 1.807) is 11.3 Å². The molecule has 108 valence electrons. The third-order valence-corrected chi connectivity index (χ3v) is 4.89. The van der Waals surface area contributed by atoms with Crippen LogP contribution in [0.2, 0.25) is 0 Å². The average Bonchev–Trinajstić information content (AvgIpc) is 2.74. The van der Waals surface area contributed by atoms with Gasteiger partial charge in [0.2, 0.25) is 0 Å². The summed E-state index contributed by atoms with van der Waals surface area (Å²) in [7, 11) is 4.20. The summed E-state index contributed by atoms with van der Waals surface area (Å²) in [6, 6.07) is 0.435. The number of anilines is 1. The van der Waals surface area contributed by atoms with E-state index in [2.05, 4.69) is 37.7 Å². The Morgan fingerprint density at radius 3 is 2.79 bits per heavy atom. The molecule has 0 radical (unpaired) electrons. The van der Waals surface area contributed by atoms with Crippen molar-refractivity contribution in [2.75, 3.05) is 32.1 Å². The second-order valence-corrected chi connectivity index (χ2v) is 6.62. The maximum Gasteiger partial charge on any atom is 0.186 e. The van der Waals surface area contributed by atoms with Crippen molar-refractivity contribution in [2.24, 2.45) is 0 Å². The first kappa shape index (κ1) is 14.8. The number of rotatable bonds is 5. The van der Waals surface area contributed by atoms with E-state index in [1.165, 1.54) is 0 Å². The van der Waals surface area contributed by atoms with E-state index in [0.29, 0.717) is 6.04 Å². The summed E-state index contributed by atoms with van der Waals surface area (Å²) >= 11 is 1.68. The van der Waals surface area contributed by atoms with Gasteiger partial charge in [-0.25, -0.2) is 4.98 Å². The first-order valence-electron chi connectivity index (χ1n) is 7.12. The van der Waals surface area contributed by atoms with Crippen LogP contribution in [0.1, 0.15) is 43.4 Å². The van der Waals surface area contributed by atoms with Gasteiger partial charge in [0.25, 0.3) is 0 Å². The number of aromatic nitrogens is 1. The molecule has 0 saturated heterocycles. The number of aliphatic hydroxyl groups is 1. The van der Waals surface area contributed by atoms with Crippen molar-refractivity contribution in [3.8, 4) is 0 Å². The quantitative estimate of drug-likeness (QED) is 0.900. The normalized spacial score (nSPS) is 20.4. The van der Waals surface area contributed by atoms with Crippen molar-refractivity contribution in [1.29, 1.82) is 0 Å². The second kappa shape index (κ2) is 6.20. The molecule has 1 aliphatic rings. The van der Waals surface area contributed by atoms with Crippen LogP contribution >= 0.6 is 11.3 Å². The highest BCUT2D eigenvalue weighted by Crippen LogP contribution is 2.37. The zero-order valence-electron chi connectivity index (χ0n) is 12.4. The minimum absolute atomic E-state index is 0.294. The standard InChI is InChI=1S/C14H25N3OS/c1-5-17(10(2)9-16(3)4)14-15-11-7-6-8-12(18)13(11)19-14/h10,12,18H,5-9H2,1-4H3. The van der Waals surface area contributed by atoms with Crippen LogP contribution < -0.4 is 4.90 Å². The Bertz CT molecular complexity index is 419. The minimum Gasteiger partial charge on any atom is -0.388 e. The fourth-order valence-electron chi connectivity index (χ4n) is 2.77. The highest BCUT2D eigenvalue weighted by molar-refractivity contribution is 7.15. The van der Waals surface area contributed by atoms with Crippen LogP contribution in [-0.4, -0.2) is 48.2 Å². The lowest BCUT2D eigenvalue weighted by Crippen LogP contribution is -2.40. The van der Waals surface area contributed by atoms with E-state index in [9.17, 15) is 5.11 Å². The van der Waals surface area contributed by atoms with Gasteiger partial charge in [0.05, 0.1) is 16.7 Å². The molecule has 1 heterocycles. The lowest BCUT2D eigenvalue weighted by Gasteiger charge is -2.29. The zero-order chi connectivity index (χ0) is 14.0. The number of aryl methyl sites for hydroxylation is 1. The van der Waals surface area contributed by atoms with Crippen molar-refractivity contribution >= 4 is 16.5 Å². The van der Waals surface area contributed by atoms with Gasteiger partial charge in [0.15, 0.2) is 5.13 Å². The van der Waals surface area contributed by atoms with Gasteiger partial charge in [-0.2, -0.15) is 0 Å². The van der Waals surface area contributed by atoms with Gasteiger partial charge in [-0.1, -0.05) is 11.3 Å². The van der Waals surface area contributed by atoms with Crippen LogP contribution in [0.15, 0.2) is 0 Å². The Balaban J connectivity index is 2.19. The Labute approximate surface area is 120 Å². The minimum atomic E-state index is -0.294. The predicted octanol–water partition coefficient (Wildman–Crippen LogP) is 2.29. The largest absolute Gasteiger partial charge is 0.388 e. The van der Waals surface area contributed by atoms with Gasteiger partial charge in [-0.15, -0.1) is 0 Å². The molecule has 1 aromatic heterocycles. The summed E-state index contributed by atoms with van der Waals surface area (Å²) in [5.41, 5.74) is 1.12. The summed E-state index contributed by atoms with van der Waals surface area (Å²) in [5.74, 6) is 0. The highest BCUT2D eigenvalue weighted by atomic mass is 32.1. The van der Waals surface area contributed by atoms with Gasteiger partial charge in [-0.05, 0) is 47.2 Å². The van der Waals surface area contributed by atoms with E-state index in [4.69, 9.17) is 4.98 Å². The fraction of sp³-hybridized carbons (Fsp3) is 0.786. The molecule has 0 aliphatic heterocycles. The topological polar surface area (TPSA) is 39.6 Å². The summed E-state index contributed by atoms with van der Waals surface area (Å²) in [6.07, 6.45) is 2.66. The number of hydrogen-bond acceptors (Lipinski definition) is 5. The molecule has 1 aliphatic carbocycles. The molecule has 19 heavy (non-hydrogen) atoms. The first-order valence-corrected chi connectivity index (χ1v) is 7.93. The second-order valence-electron chi connectivity index (χ2n) is 5.61.